The first-order valence-electron chi connectivity index (χ1n) is 6.06. The second-order valence-corrected chi connectivity index (χ2v) is 4.32. The van der Waals surface area contributed by atoms with Gasteiger partial charge in [0.1, 0.15) is 11.6 Å². The fourth-order valence-corrected chi connectivity index (χ4v) is 1.67. The third-order valence-corrected chi connectivity index (χ3v) is 2.66. The van der Waals surface area contributed by atoms with Crippen molar-refractivity contribution in [3.05, 3.63) is 47.4 Å². The van der Waals surface area contributed by atoms with Gasteiger partial charge in [-0.2, -0.15) is 0 Å². The van der Waals surface area contributed by atoms with Crippen molar-refractivity contribution in [2.24, 2.45) is 0 Å². The number of hydrogen-bond acceptors (Lipinski definition) is 6. The van der Waals surface area contributed by atoms with Crippen LogP contribution >= 0.6 is 0 Å². The topological polar surface area (TPSA) is 94.1 Å². The summed E-state index contributed by atoms with van der Waals surface area (Å²) in [4.78, 5) is 11.8. The van der Waals surface area contributed by atoms with E-state index in [1.807, 2.05) is 0 Å². The summed E-state index contributed by atoms with van der Waals surface area (Å²) in [7, 11) is 0. The first kappa shape index (κ1) is 13.9. The molecule has 22 heavy (non-hydrogen) atoms. The number of anilines is 1. The Hall–Kier alpha value is -3.10. The minimum absolute atomic E-state index is 0.0368. The Bertz CT molecular complexity index is 843. The molecule has 0 aliphatic rings. The van der Waals surface area contributed by atoms with Crippen LogP contribution in [-0.2, 0) is 0 Å². The first-order chi connectivity index (χ1) is 10.5. The van der Waals surface area contributed by atoms with Crippen molar-refractivity contribution >= 4 is 11.9 Å². The van der Waals surface area contributed by atoms with E-state index in [2.05, 4.69) is 20.7 Å². The number of nitrogens with zero attached hydrogens (tertiary/aromatic N) is 3. The highest BCUT2D eigenvalue weighted by Crippen LogP contribution is 2.23. The molecule has 0 saturated heterocycles. The maximum atomic E-state index is 13.6. The molecule has 3 rings (SSSR count). The Balaban J connectivity index is 1.80. The Labute approximate surface area is 121 Å². The summed E-state index contributed by atoms with van der Waals surface area (Å²) in [6.07, 6.45) is 0. The van der Waals surface area contributed by atoms with Crippen LogP contribution in [0.1, 0.15) is 16.2 Å². The van der Waals surface area contributed by atoms with E-state index in [1.165, 1.54) is 6.07 Å². The van der Waals surface area contributed by atoms with Gasteiger partial charge in [-0.3, -0.25) is 10.1 Å². The molecule has 0 spiro atoms. The van der Waals surface area contributed by atoms with Gasteiger partial charge in [0.2, 0.25) is 5.76 Å². The first-order valence-corrected chi connectivity index (χ1v) is 6.06. The smallest absolute Gasteiger partial charge is 0.322 e. The molecule has 1 aromatic carbocycles. The zero-order chi connectivity index (χ0) is 15.7. The van der Waals surface area contributed by atoms with E-state index >= 15 is 0 Å². The summed E-state index contributed by atoms with van der Waals surface area (Å²) in [5, 5.41) is 13.0. The SMILES string of the molecule is Cc1cc(C(=O)Nc2nnc(-c3ccc(F)cc3F)o2)on1. The van der Waals surface area contributed by atoms with E-state index in [0.29, 0.717) is 11.8 Å². The highest BCUT2D eigenvalue weighted by molar-refractivity contribution is 6.00. The number of nitrogens with one attached hydrogen (secondary N) is 1. The molecule has 3 aromatic rings. The predicted molar refractivity (Wildman–Crippen MR) is 68.8 cm³/mol. The average Bonchev–Trinajstić information content (AvgIpc) is 3.08. The highest BCUT2D eigenvalue weighted by Gasteiger charge is 2.17. The van der Waals surface area contributed by atoms with Crippen molar-refractivity contribution in [2.75, 3.05) is 5.32 Å². The zero-order valence-electron chi connectivity index (χ0n) is 11.1. The van der Waals surface area contributed by atoms with Crippen LogP contribution in [0.3, 0.4) is 0 Å². The number of hydrogen-bond donors (Lipinski definition) is 1. The number of amides is 1. The summed E-state index contributed by atoms with van der Waals surface area (Å²) < 4.78 is 36.3. The van der Waals surface area contributed by atoms with Crippen LogP contribution in [0.2, 0.25) is 0 Å². The largest absolute Gasteiger partial charge is 0.403 e. The molecule has 9 heteroatoms. The standard InChI is InChI=1S/C13H8F2N4O3/c1-6-4-10(22-19-6)11(20)16-13-18-17-12(21-13)8-3-2-7(14)5-9(8)15/h2-5H,1H3,(H,16,18,20). The number of rotatable bonds is 3. The molecular weight excluding hydrogens is 298 g/mol. The van der Waals surface area contributed by atoms with Gasteiger partial charge in [0.05, 0.1) is 11.3 Å². The number of halogens is 2. The zero-order valence-corrected chi connectivity index (χ0v) is 11.1. The molecule has 112 valence electrons. The molecule has 0 atom stereocenters. The molecule has 0 fully saturated rings. The van der Waals surface area contributed by atoms with Crippen LogP contribution < -0.4 is 5.32 Å². The Morgan fingerprint density at radius 1 is 1.23 bits per heavy atom. The van der Waals surface area contributed by atoms with E-state index in [-0.39, 0.29) is 23.2 Å². The lowest BCUT2D eigenvalue weighted by atomic mass is 10.2. The van der Waals surface area contributed by atoms with E-state index in [1.54, 1.807) is 6.92 Å². The van der Waals surface area contributed by atoms with E-state index in [4.69, 9.17) is 8.94 Å². The van der Waals surface area contributed by atoms with Gasteiger partial charge >= 0.3 is 6.01 Å². The minimum Gasteiger partial charge on any atom is -0.403 e. The fourth-order valence-electron chi connectivity index (χ4n) is 1.67. The van der Waals surface area contributed by atoms with Crippen LogP contribution in [0.4, 0.5) is 14.8 Å². The van der Waals surface area contributed by atoms with Crippen LogP contribution in [0.15, 0.2) is 33.2 Å². The predicted octanol–water partition coefficient (Wildman–Crippen LogP) is 2.56. The van der Waals surface area contributed by atoms with Gasteiger partial charge in [0.25, 0.3) is 11.8 Å². The molecule has 0 bridgehead atoms. The monoisotopic (exact) mass is 306 g/mol. The lowest BCUT2D eigenvalue weighted by Crippen LogP contribution is -2.11. The van der Waals surface area contributed by atoms with E-state index < -0.39 is 17.5 Å². The van der Waals surface area contributed by atoms with E-state index in [9.17, 15) is 13.6 Å². The minimum atomic E-state index is -0.854. The van der Waals surface area contributed by atoms with Crippen molar-refractivity contribution in [1.82, 2.24) is 15.4 Å². The molecule has 7 nitrogen and oxygen atoms in total. The van der Waals surface area contributed by atoms with Gasteiger partial charge < -0.3 is 8.94 Å². The van der Waals surface area contributed by atoms with Crippen molar-refractivity contribution in [3.8, 4) is 11.5 Å². The normalized spacial score (nSPS) is 10.7. The molecule has 0 aliphatic carbocycles. The summed E-state index contributed by atoms with van der Waals surface area (Å²) in [5.41, 5.74) is 0.453. The third-order valence-electron chi connectivity index (χ3n) is 2.66. The lowest BCUT2D eigenvalue weighted by Gasteiger charge is -1.97. The molecular formula is C13H8F2N4O3. The molecule has 2 heterocycles. The molecule has 0 saturated carbocycles. The highest BCUT2D eigenvalue weighted by atomic mass is 19.1. The average molecular weight is 306 g/mol. The Morgan fingerprint density at radius 2 is 2.05 bits per heavy atom. The lowest BCUT2D eigenvalue weighted by molar-refractivity contribution is 0.0985. The third kappa shape index (κ3) is 2.68. The van der Waals surface area contributed by atoms with Gasteiger partial charge in [-0.05, 0) is 19.1 Å². The van der Waals surface area contributed by atoms with Gasteiger partial charge in [0, 0.05) is 12.1 Å². The molecule has 2 aromatic heterocycles. The number of carbonyl (C=O) groups excluding carboxylic acids is 1. The Kier molecular flexibility index (Phi) is 3.37. The maximum absolute atomic E-state index is 13.6. The van der Waals surface area contributed by atoms with Crippen molar-refractivity contribution in [3.63, 3.8) is 0 Å². The van der Waals surface area contributed by atoms with Crippen LogP contribution in [0.25, 0.3) is 11.5 Å². The maximum Gasteiger partial charge on any atom is 0.322 e. The van der Waals surface area contributed by atoms with Gasteiger partial charge in [-0.15, -0.1) is 5.10 Å². The summed E-state index contributed by atoms with van der Waals surface area (Å²) in [6.45, 7) is 1.66. The number of carbonyl (C=O) groups is 1. The molecule has 1 amide bonds. The van der Waals surface area contributed by atoms with Gasteiger partial charge in [0.15, 0.2) is 0 Å². The summed E-state index contributed by atoms with van der Waals surface area (Å²) in [6, 6.07) is 4.07. The van der Waals surface area contributed by atoms with Crippen LogP contribution in [0.5, 0.6) is 0 Å². The van der Waals surface area contributed by atoms with E-state index in [0.717, 1.165) is 12.1 Å². The quantitative estimate of drug-likeness (QED) is 0.799. The Morgan fingerprint density at radius 3 is 2.73 bits per heavy atom. The van der Waals surface area contributed by atoms with Crippen molar-refractivity contribution in [1.29, 1.82) is 0 Å². The molecule has 0 radical (unpaired) electrons. The number of benzene rings is 1. The second-order valence-electron chi connectivity index (χ2n) is 4.32. The molecule has 0 aliphatic heterocycles. The van der Waals surface area contributed by atoms with Gasteiger partial charge in [-0.1, -0.05) is 10.3 Å². The van der Waals surface area contributed by atoms with Crippen LogP contribution in [0, 0.1) is 18.6 Å². The van der Waals surface area contributed by atoms with Crippen molar-refractivity contribution < 1.29 is 22.5 Å². The summed E-state index contributed by atoms with van der Waals surface area (Å²) in [5.74, 6) is -2.45. The molecule has 1 N–H and O–H groups in total. The van der Waals surface area contributed by atoms with Gasteiger partial charge in [-0.25, -0.2) is 8.78 Å². The molecule has 0 unspecified atom stereocenters. The fraction of sp³-hybridized carbons (Fsp3) is 0.0769. The van der Waals surface area contributed by atoms with Crippen molar-refractivity contribution in [2.45, 2.75) is 6.92 Å². The number of aryl methyl sites for hydroxylation is 1. The van der Waals surface area contributed by atoms with Crippen LogP contribution in [-0.4, -0.2) is 21.3 Å². The second kappa shape index (κ2) is 5.35. The number of aromatic nitrogens is 3. The summed E-state index contributed by atoms with van der Waals surface area (Å²) >= 11 is 0.